The molecule has 0 aliphatic rings. The maximum Gasteiger partial charge on any atom is 0.0777 e. The summed E-state index contributed by atoms with van der Waals surface area (Å²) >= 11 is 0. The molecule has 0 unspecified atom stereocenters. The van der Waals surface area contributed by atoms with Gasteiger partial charge in [0, 0.05) is 5.41 Å². The van der Waals surface area contributed by atoms with Gasteiger partial charge in [-0.3, -0.25) is 0 Å². The summed E-state index contributed by atoms with van der Waals surface area (Å²) in [7, 11) is 0. The normalized spacial score (nSPS) is 13.6. The molecular weight excluding hydrogens is 220 g/mol. The maximum atomic E-state index is 10.1. The first-order chi connectivity index (χ1) is 8.15. The highest BCUT2D eigenvalue weighted by Crippen LogP contribution is 2.37. The van der Waals surface area contributed by atoms with Crippen LogP contribution >= 0.6 is 0 Å². The summed E-state index contributed by atoms with van der Waals surface area (Å²) in [4.78, 5) is 0. The first-order valence-electron chi connectivity index (χ1n) is 6.32. The Balaban J connectivity index is 3.34. The summed E-state index contributed by atoms with van der Waals surface area (Å²) in [5.41, 5.74) is 2.46. The van der Waals surface area contributed by atoms with Crippen LogP contribution in [0.5, 0.6) is 0 Å². The Kier molecular flexibility index (Phi) is 4.18. The third-order valence-corrected chi connectivity index (χ3v) is 3.06. The van der Waals surface area contributed by atoms with Gasteiger partial charge in [0.2, 0.25) is 0 Å². The number of aryl methyl sites for hydroxylation is 1. The van der Waals surface area contributed by atoms with Crippen molar-refractivity contribution < 1.29 is 5.11 Å². The van der Waals surface area contributed by atoms with Crippen LogP contribution < -0.4 is 0 Å². The summed E-state index contributed by atoms with van der Waals surface area (Å²) in [5.74, 6) is 0. The summed E-state index contributed by atoms with van der Waals surface area (Å²) < 4.78 is 0. The van der Waals surface area contributed by atoms with Crippen molar-refractivity contribution in [1.29, 1.82) is 0 Å². The lowest BCUT2D eigenvalue weighted by Crippen LogP contribution is -2.19. The minimum atomic E-state index is -0.833. The van der Waals surface area contributed by atoms with Crippen LogP contribution in [0.1, 0.15) is 38.8 Å². The molecule has 0 aliphatic carbocycles. The molecule has 0 heterocycles. The van der Waals surface area contributed by atoms with Crippen molar-refractivity contribution in [2.75, 3.05) is 0 Å². The molecule has 0 bridgehead atoms. The Morgan fingerprint density at radius 2 is 1.61 bits per heavy atom. The SMILES string of the molecule is C=CC(C)(C)/C(=C\C(C)(C)O)c1ccc(C)cc1. The number of aliphatic hydroxyl groups is 1. The van der Waals surface area contributed by atoms with Gasteiger partial charge in [-0.1, -0.05) is 49.8 Å². The van der Waals surface area contributed by atoms with E-state index in [0.29, 0.717) is 0 Å². The molecule has 1 N–H and O–H groups in total. The molecule has 0 amide bonds. The first kappa shape index (κ1) is 14.7. The minimum absolute atomic E-state index is 0.171. The molecule has 0 atom stereocenters. The fourth-order valence-electron chi connectivity index (χ4n) is 1.84. The van der Waals surface area contributed by atoms with Crippen molar-refractivity contribution in [1.82, 2.24) is 0 Å². The molecule has 18 heavy (non-hydrogen) atoms. The van der Waals surface area contributed by atoms with Gasteiger partial charge in [-0.05, 0) is 38.0 Å². The van der Waals surface area contributed by atoms with Crippen LogP contribution in [-0.2, 0) is 0 Å². The van der Waals surface area contributed by atoms with Crippen molar-refractivity contribution in [3.05, 3.63) is 54.1 Å². The zero-order valence-electron chi connectivity index (χ0n) is 12.1. The second-order valence-electron chi connectivity index (χ2n) is 6.00. The average molecular weight is 244 g/mol. The van der Waals surface area contributed by atoms with E-state index in [9.17, 15) is 5.11 Å². The lowest BCUT2D eigenvalue weighted by Gasteiger charge is -2.27. The smallest absolute Gasteiger partial charge is 0.0777 e. The van der Waals surface area contributed by atoms with E-state index >= 15 is 0 Å². The van der Waals surface area contributed by atoms with Gasteiger partial charge >= 0.3 is 0 Å². The second-order valence-corrected chi connectivity index (χ2v) is 6.00. The van der Waals surface area contributed by atoms with Gasteiger partial charge in [0.1, 0.15) is 0 Å². The standard InChI is InChI=1S/C17H24O/c1-7-16(3,4)15(12-17(5,6)18)14-10-8-13(2)9-11-14/h7-12,18H,1H2,2-6H3/b15-12-. The van der Waals surface area contributed by atoms with Crippen molar-refractivity contribution in [3.63, 3.8) is 0 Å². The van der Waals surface area contributed by atoms with Gasteiger partial charge in [0.05, 0.1) is 5.60 Å². The molecule has 1 aromatic carbocycles. The number of hydrogen-bond donors (Lipinski definition) is 1. The fraction of sp³-hybridized carbons (Fsp3) is 0.412. The van der Waals surface area contributed by atoms with Crippen LogP contribution in [0.3, 0.4) is 0 Å². The van der Waals surface area contributed by atoms with Gasteiger partial charge in [0.25, 0.3) is 0 Å². The third-order valence-electron chi connectivity index (χ3n) is 3.06. The highest BCUT2D eigenvalue weighted by molar-refractivity contribution is 5.72. The van der Waals surface area contributed by atoms with Gasteiger partial charge in [-0.15, -0.1) is 6.58 Å². The zero-order valence-corrected chi connectivity index (χ0v) is 12.1. The molecule has 0 saturated heterocycles. The molecule has 0 saturated carbocycles. The minimum Gasteiger partial charge on any atom is -0.386 e. The van der Waals surface area contributed by atoms with Crippen LogP contribution in [0.25, 0.3) is 5.57 Å². The molecule has 0 fully saturated rings. The number of allylic oxidation sites excluding steroid dienone is 2. The molecular formula is C17H24O. The monoisotopic (exact) mass is 244 g/mol. The van der Waals surface area contributed by atoms with Crippen LogP contribution in [0, 0.1) is 12.3 Å². The molecule has 1 nitrogen and oxygen atoms in total. The Morgan fingerprint density at radius 3 is 2.00 bits per heavy atom. The van der Waals surface area contributed by atoms with Crippen molar-refractivity contribution in [2.24, 2.45) is 5.41 Å². The number of rotatable bonds is 4. The Labute approximate surface area is 111 Å². The zero-order chi connectivity index (χ0) is 14.0. The lowest BCUT2D eigenvalue weighted by atomic mass is 9.78. The lowest BCUT2D eigenvalue weighted by molar-refractivity contribution is 0.133. The van der Waals surface area contributed by atoms with Crippen LogP contribution in [0.4, 0.5) is 0 Å². The second kappa shape index (κ2) is 5.11. The Morgan fingerprint density at radius 1 is 1.11 bits per heavy atom. The van der Waals surface area contributed by atoms with Crippen molar-refractivity contribution >= 4 is 5.57 Å². The topological polar surface area (TPSA) is 20.2 Å². The van der Waals surface area contributed by atoms with E-state index in [2.05, 4.69) is 51.6 Å². The van der Waals surface area contributed by atoms with Gasteiger partial charge in [-0.2, -0.15) is 0 Å². The quantitative estimate of drug-likeness (QED) is 0.780. The molecule has 0 aliphatic heterocycles. The Bertz CT molecular complexity index is 441. The van der Waals surface area contributed by atoms with E-state index in [0.717, 1.165) is 11.1 Å². The Hall–Kier alpha value is -1.34. The summed E-state index contributed by atoms with van der Waals surface area (Å²) in [6.45, 7) is 13.8. The van der Waals surface area contributed by atoms with Crippen LogP contribution in [-0.4, -0.2) is 10.7 Å². The van der Waals surface area contributed by atoms with E-state index in [1.54, 1.807) is 13.8 Å². The predicted molar refractivity (Wildman–Crippen MR) is 79.4 cm³/mol. The van der Waals surface area contributed by atoms with E-state index in [1.807, 2.05) is 12.2 Å². The molecule has 1 heteroatoms. The number of benzene rings is 1. The number of hydrogen-bond acceptors (Lipinski definition) is 1. The molecule has 0 spiro atoms. The fourth-order valence-corrected chi connectivity index (χ4v) is 1.84. The van der Waals surface area contributed by atoms with E-state index < -0.39 is 5.60 Å². The van der Waals surface area contributed by atoms with Crippen LogP contribution in [0.15, 0.2) is 43.0 Å². The molecule has 1 rings (SSSR count). The highest BCUT2D eigenvalue weighted by Gasteiger charge is 2.23. The third kappa shape index (κ3) is 3.85. The summed E-state index contributed by atoms with van der Waals surface area (Å²) in [6.07, 6.45) is 3.84. The first-order valence-corrected chi connectivity index (χ1v) is 6.32. The van der Waals surface area contributed by atoms with Crippen molar-refractivity contribution in [3.8, 4) is 0 Å². The predicted octanol–water partition coefficient (Wildman–Crippen LogP) is 4.36. The highest BCUT2D eigenvalue weighted by atomic mass is 16.3. The molecule has 1 aromatic rings. The van der Waals surface area contributed by atoms with Crippen LogP contribution in [0.2, 0.25) is 0 Å². The summed E-state index contributed by atoms with van der Waals surface area (Å²) in [5, 5.41) is 10.1. The maximum absolute atomic E-state index is 10.1. The molecule has 0 aromatic heterocycles. The largest absolute Gasteiger partial charge is 0.386 e. The van der Waals surface area contributed by atoms with Gasteiger partial charge in [-0.25, -0.2) is 0 Å². The summed E-state index contributed by atoms with van der Waals surface area (Å²) in [6, 6.07) is 8.37. The van der Waals surface area contributed by atoms with E-state index in [-0.39, 0.29) is 5.41 Å². The average Bonchev–Trinajstić information content (AvgIpc) is 2.26. The molecule has 98 valence electrons. The van der Waals surface area contributed by atoms with E-state index in [4.69, 9.17) is 0 Å². The van der Waals surface area contributed by atoms with Crippen molar-refractivity contribution in [2.45, 2.75) is 40.2 Å². The van der Waals surface area contributed by atoms with Gasteiger partial charge in [0.15, 0.2) is 0 Å². The van der Waals surface area contributed by atoms with E-state index in [1.165, 1.54) is 5.56 Å². The van der Waals surface area contributed by atoms with Gasteiger partial charge < -0.3 is 5.11 Å². The molecule has 0 radical (unpaired) electrons.